The van der Waals surface area contributed by atoms with E-state index in [9.17, 15) is 9.59 Å². The molecule has 1 unspecified atom stereocenters. The van der Waals surface area contributed by atoms with Gasteiger partial charge < -0.3 is 14.6 Å². The molecule has 1 amide bonds. The molecule has 1 saturated heterocycles. The molecule has 204 valence electrons. The van der Waals surface area contributed by atoms with E-state index in [0.29, 0.717) is 47.7 Å². The van der Waals surface area contributed by atoms with Gasteiger partial charge in [-0.25, -0.2) is 18.7 Å². The summed E-state index contributed by atoms with van der Waals surface area (Å²) in [6.07, 6.45) is 5.70. The van der Waals surface area contributed by atoms with E-state index in [0.717, 1.165) is 6.92 Å². The summed E-state index contributed by atoms with van der Waals surface area (Å²) in [7, 11) is 0. The highest BCUT2D eigenvalue weighted by Crippen LogP contribution is 2.44. The predicted octanol–water partition coefficient (Wildman–Crippen LogP) is 4.13. The Labute approximate surface area is 230 Å². The van der Waals surface area contributed by atoms with Gasteiger partial charge in [0, 0.05) is 42.1 Å². The van der Waals surface area contributed by atoms with E-state index in [-0.39, 0.29) is 28.1 Å². The summed E-state index contributed by atoms with van der Waals surface area (Å²) < 4.78 is 36.6. The number of tetrazole rings is 1. The number of aryl methyl sites for hydroxylation is 1. The zero-order valence-electron chi connectivity index (χ0n) is 21.2. The summed E-state index contributed by atoms with van der Waals surface area (Å²) in [6.45, 7) is 2.90. The molecule has 0 saturated carbocycles. The van der Waals surface area contributed by atoms with Crippen LogP contribution in [0.25, 0.3) is 22.5 Å². The second-order valence-corrected chi connectivity index (χ2v) is 9.95. The fraction of sp³-hybridized carbons (Fsp3) is 0.269. The lowest BCUT2D eigenvalue weighted by atomic mass is 9.92. The van der Waals surface area contributed by atoms with E-state index in [1.165, 1.54) is 35.4 Å². The van der Waals surface area contributed by atoms with Gasteiger partial charge in [0.1, 0.15) is 12.2 Å². The van der Waals surface area contributed by atoms with Crippen molar-refractivity contribution >= 4 is 29.1 Å². The van der Waals surface area contributed by atoms with Crippen LogP contribution >= 0.6 is 11.6 Å². The van der Waals surface area contributed by atoms with Crippen molar-refractivity contribution in [2.75, 3.05) is 0 Å². The number of nitrogens with one attached hydrogen (secondary N) is 1. The van der Waals surface area contributed by atoms with Gasteiger partial charge in [0.05, 0.1) is 22.4 Å². The molecule has 14 heteroatoms. The maximum atomic E-state index is 15.3. The number of aromatic nitrogens is 7. The van der Waals surface area contributed by atoms with Crippen LogP contribution in [0.3, 0.4) is 0 Å². The summed E-state index contributed by atoms with van der Waals surface area (Å²) in [5, 5.41) is 11.0. The van der Waals surface area contributed by atoms with Crippen LogP contribution in [0.2, 0.25) is 5.02 Å². The number of aromatic amines is 1. The van der Waals surface area contributed by atoms with E-state index in [1.54, 1.807) is 17.9 Å². The van der Waals surface area contributed by atoms with E-state index in [1.807, 2.05) is 0 Å². The minimum Gasteiger partial charge on any atom is -0.404 e. The molecule has 0 aliphatic carbocycles. The normalized spacial score (nSPS) is 18.6. The molecule has 2 aliphatic heterocycles. The molecule has 40 heavy (non-hydrogen) atoms. The molecule has 6 rings (SSSR count). The highest BCUT2D eigenvalue weighted by molar-refractivity contribution is 6.31. The number of rotatable bonds is 5. The fourth-order valence-electron chi connectivity index (χ4n) is 5.42. The van der Waals surface area contributed by atoms with Crippen molar-refractivity contribution in [1.29, 1.82) is 0 Å². The van der Waals surface area contributed by atoms with E-state index >= 15 is 8.78 Å². The maximum Gasteiger partial charge on any atom is 0.309 e. The highest BCUT2D eigenvalue weighted by atomic mass is 35.5. The number of halogens is 3. The smallest absolute Gasteiger partial charge is 0.309 e. The summed E-state index contributed by atoms with van der Waals surface area (Å²) >= 11 is 6.10. The first-order chi connectivity index (χ1) is 19.2. The van der Waals surface area contributed by atoms with Gasteiger partial charge in [0.15, 0.2) is 11.6 Å². The Morgan fingerprint density at radius 2 is 2.02 bits per heavy atom. The number of hydrogen-bond donors (Lipinski definition) is 1. The Balaban J connectivity index is 1.33. The van der Waals surface area contributed by atoms with Gasteiger partial charge in [0.25, 0.3) is 5.88 Å². The quantitative estimate of drug-likeness (QED) is 0.357. The largest absolute Gasteiger partial charge is 0.404 e. The maximum absolute atomic E-state index is 15.3. The molecule has 11 nitrogen and oxygen atoms in total. The average molecular weight is 567 g/mol. The molecule has 4 aromatic rings. The number of amides is 1. The lowest BCUT2D eigenvalue weighted by molar-refractivity contribution is -0.132. The number of fused-ring (bicyclic) bond motifs is 1. The number of esters is 1. The van der Waals surface area contributed by atoms with Crippen molar-refractivity contribution in [3.63, 3.8) is 0 Å². The molecule has 1 aromatic carbocycles. The van der Waals surface area contributed by atoms with Crippen molar-refractivity contribution in [1.82, 2.24) is 40.1 Å². The van der Waals surface area contributed by atoms with Gasteiger partial charge in [0.2, 0.25) is 5.91 Å². The van der Waals surface area contributed by atoms with Gasteiger partial charge in [-0.1, -0.05) is 11.6 Å². The third-order valence-corrected chi connectivity index (χ3v) is 7.36. The second-order valence-electron chi connectivity index (χ2n) is 9.54. The number of hydrogen-bond acceptors (Lipinski definition) is 8. The number of carbonyl (C=O) groups excluding carboxylic acids is 2. The molecular formula is C26H21ClF2N8O3. The van der Waals surface area contributed by atoms with Crippen molar-refractivity contribution < 1.29 is 23.1 Å². The molecule has 2 aliphatic rings. The molecule has 2 atom stereocenters. The Morgan fingerprint density at radius 1 is 1.20 bits per heavy atom. The van der Waals surface area contributed by atoms with Crippen LogP contribution in [0.5, 0.6) is 5.88 Å². The number of H-pyrrole nitrogens is 1. The van der Waals surface area contributed by atoms with Gasteiger partial charge in [-0.3, -0.25) is 9.59 Å². The van der Waals surface area contributed by atoms with Gasteiger partial charge in [-0.2, -0.15) is 4.68 Å². The van der Waals surface area contributed by atoms with Gasteiger partial charge in [-0.05, 0) is 60.4 Å². The molecule has 1 N–H and O–H groups in total. The Hall–Kier alpha value is -4.52. The molecule has 0 radical (unpaired) electrons. The molecular weight excluding hydrogens is 546 g/mol. The molecule has 1 fully saturated rings. The Kier molecular flexibility index (Phi) is 6.37. The predicted molar refractivity (Wildman–Crippen MR) is 137 cm³/mol. The number of ether oxygens (including phenoxy) is 1. The standard InChI is InChI=1S/C26H21ClF2N8O3/c1-12-24(16-7-8-30-26(22(16)28)40-13(2)38)33-25(32-12)19-5-3-15-9-14(10-20(39)37(15)19)21-18(36-11-31-34-35-36)6-4-17(27)23(21)29/h4,6-8,10-11,15,19H,3,5,9H2,1-2H3,(H,32,33)/t15-,19?/m1/s1. The monoisotopic (exact) mass is 566 g/mol. The van der Waals surface area contributed by atoms with Crippen molar-refractivity contribution in [2.24, 2.45) is 0 Å². The third kappa shape index (κ3) is 4.31. The van der Waals surface area contributed by atoms with Gasteiger partial charge >= 0.3 is 5.97 Å². The van der Waals surface area contributed by atoms with Crippen LogP contribution in [-0.2, 0) is 9.59 Å². The SMILES string of the molecule is CC(=O)Oc1nccc(-c2nc(C3CC[C@@H]4CC(c5c(-n6cnnn6)ccc(Cl)c5F)=CC(=O)N34)[nH]c2C)c1F. The van der Waals surface area contributed by atoms with E-state index < -0.39 is 29.5 Å². The minimum absolute atomic E-state index is 0.0781. The van der Waals surface area contributed by atoms with Crippen LogP contribution in [-0.4, -0.2) is 58.0 Å². The zero-order valence-corrected chi connectivity index (χ0v) is 22.0. The number of benzene rings is 1. The van der Waals surface area contributed by atoms with Crippen LogP contribution in [0.1, 0.15) is 49.3 Å². The van der Waals surface area contributed by atoms with Crippen LogP contribution in [0.15, 0.2) is 36.8 Å². The first-order valence-electron chi connectivity index (χ1n) is 12.4. The van der Waals surface area contributed by atoms with Crippen LogP contribution in [0, 0.1) is 18.6 Å². The summed E-state index contributed by atoms with van der Waals surface area (Å²) in [6, 6.07) is 3.83. The number of pyridine rings is 1. The van der Waals surface area contributed by atoms with Gasteiger partial charge in [-0.15, -0.1) is 5.10 Å². The summed E-state index contributed by atoms with van der Waals surface area (Å²) in [4.78, 5) is 38.1. The van der Waals surface area contributed by atoms with Crippen molar-refractivity contribution in [2.45, 2.75) is 45.2 Å². The topological polar surface area (TPSA) is 132 Å². The molecule has 0 bridgehead atoms. The zero-order chi connectivity index (χ0) is 28.1. The fourth-order valence-corrected chi connectivity index (χ4v) is 5.58. The number of imidazole rings is 1. The first-order valence-corrected chi connectivity index (χ1v) is 12.7. The number of nitrogens with zero attached hydrogens (tertiary/aromatic N) is 7. The van der Waals surface area contributed by atoms with Crippen LogP contribution < -0.4 is 4.74 Å². The van der Waals surface area contributed by atoms with Crippen LogP contribution in [0.4, 0.5) is 8.78 Å². The third-order valence-electron chi connectivity index (χ3n) is 7.07. The molecule has 3 aromatic heterocycles. The highest BCUT2D eigenvalue weighted by Gasteiger charge is 2.42. The molecule has 0 spiro atoms. The van der Waals surface area contributed by atoms with E-state index in [2.05, 4.69) is 30.5 Å². The summed E-state index contributed by atoms with van der Waals surface area (Å²) in [5.41, 5.74) is 2.03. The van der Waals surface area contributed by atoms with Crippen molar-refractivity contribution in [3.05, 3.63) is 70.5 Å². The van der Waals surface area contributed by atoms with E-state index in [4.69, 9.17) is 16.3 Å². The second kappa shape index (κ2) is 9.90. The first kappa shape index (κ1) is 25.7. The summed E-state index contributed by atoms with van der Waals surface area (Å²) in [5.74, 6) is -2.42. The minimum atomic E-state index is -0.813. The average Bonchev–Trinajstić information content (AvgIpc) is 3.67. The molecule has 5 heterocycles. The lowest BCUT2D eigenvalue weighted by Gasteiger charge is -2.33. The Morgan fingerprint density at radius 3 is 2.77 bits per heavy atom. The lowest BCUT2D eigenvalue weighted by Crippen LogP contribution is -2.39. The number of carbonyl (C=O) groups is 2. The van der Waals surface area contributed by atoms with Crippen molar-refractivity contribution in [3.8, 4) is 22.8 Å². The Bertz CT molecular complexity index is 1690.